The lowest BCUT2D eigenvalue weighted by Gasteiger charge is -2.15. The Morgan fingerprint density at radius 2 is 2.39 bits per heavy atom. The van der Waals surface area contributed by atoms with Crippen LogP contribution in [-0.2, 0) is 11.3 Å². The molecule has 1 aliphatic carbocycles. The van der Waals surface area contributed by atoms with Crippen LogP contribution in [0.2, 0.25) is 0 Å². The fourth-order valence-electron chi connectivity index (χ4n) is 1.72. The minimum atomic E-state index is -0.120. The number of aliphatic hydroxyl groups is 1. The molecule has 0 unspecified atom stereocenters. The van der Waals surface area contributed by atoms with Crippen LogP contribution in [0.3, 0.4) is 0 Å². The van der Waals surface area contributed by atoms with Gasteiger partial charge >= 0.3 is 0 Å². The lowest BCUT2D eigenvalue weighted by Crippen LogP contribution is -2.25. The van der Waals surface area contributed by atoms with Crippen LogP contribution in [0.5, 0.6) is 0 Å². The second kappa shape index (κ2) is 6.03. The third kappa shape index (κ3) is 3.86. The first-order valence-corrected chi connectivity index (χ1v) is 6.98. The van der Waals surface area contributed by atoms with E-state index in [0.717, 1.165) is 10.4 Å². The molecule has 0 radical (unpaired) electrons. The minimum Gasteiger partial charge on any atom is -0.384 e. The average molecular weight is 263 g/mol. The zero-order valence-electron chi connectivity index (χ0n) is 10.5. The molecule has 1 aromatic heterocycles. The van der Waals surface area contributed by atoms with Gasteiger partial charge in [0.15, 0.2) is 0 Å². The molecule has 3 nitrogen and oxygen atoms in total. The number of rotatable bonds is 4. The molecule has 0 bridgehead atoms. The van der Waals surface area contributed by atoms with Crippen LogP contribution in [0.4, 0.5) is 0 Å². The van der Waals surface area contributed by atoms with Crippen molar-refractivity contribution < 1.29 is 9.90 Å². The van der Waals surface area contributed by atoms with Gasteiger partial charge in [0.25, 0.3) is 0 Å². The molecule has 1 fully saturated rings. The largest absolute Gasteiger partial charge is 0.384 e. The monoisotopic (exact) mass is 263 g/mol. The summed E-state index contributed by atoms with van der Waals surface area (Å²) in [5.74, 6) is 6.35. The first kappa shape index (κ1) is 13.1. The molecular weight excluding hydrogens is 246 g/mol. The summed E-state index contributed by atoms with van der Waals surface area (Å²) in [4.78, 5) is 14.8. The summed E-state index contributed by atoms with van der Waals surface area (Å²) in [5.41, 5.74) is 0.909. The highest BCUT2D eigenvalue weighted by atomic mass is 32.1. The van der Waals surface area contributed by atoms with Crippen molar-refractivity contribution in [3.63, 3.8) is 0 Å². The summed E-state index contributed by atoms with van der Waals surface area (Å²) in [5, 5.41) is 10.6. The van der Waals surface area contributed by atoms with Gasteiger partial charge in [0, 0.05) is 29.3 Å². The van der Waals surface area contributed by atoms with Crippen molar-refractivity contribution in [1.29, 1.82) is 0 Å². The molecule has 1 heterocycles. The highest BCUT2D eigenvalue weighted by Gasteiger charge is 2.25. The Bertz CT molecular complexity index is 479. The van der Waals surface area contributed by atoms with Crippen LogP contribution in [0.1, 0.15) is 29.7 Å². The van der Waals surface area contributed by atoms with Gasteiger partial charge in [0.1, 0.15) is 6.61 Å². The van der Waals surface area contributed by atoms with Crippen molar-refractivity contribution in [2.45, 2.75) is 25.8 Å². The maximum atomic E-state index is 11.8. The second-order valence-corrected chi connectivity index (χ2v) is 5.65. The Balaban J connectivity index is 1.87. The summed E-state index contributed by atoms with van der Waals surface area (Å²) in [7, 11) is 1.85. The molecule has 0 spiro atoms. The average Bonchev–Trinajstić information content (AvgIpc) is 3.05. The quantitative estimate of drug-likeness (QED) is 0.842. The van der Waals surface area contributed by atoms with E-state index in [0.29, 0.717) is 18.9 Å². The van der Waals surface area contributed by atoms with Crippen LogP contribution in [0.25, 0.3) is 0 Å². The summed E-state index contributed by atoms with van der Waals surface area (Å²) in [6.07, 6.45) is 3.11. The van der Waals surface area contributed by atoms with Gasteiger partial charge in [-0.25, -0.2) is 0 Å². The molecule has 1 N–H and O–H groups in total. The van der Waals surface area contributed by atoms with E-state index >= 15 is 0 Å². The zero-order chi connectivity index (χ0) is 13.0. The highest BCUT2D eigenvalue weighted by molar-refractivity contribution is 7.10. The van der Waals surface area contributed by atoms with Crippen molar-refractivity contribution in [3.8, 4) is 11.8 Å². The van der Waals surface area contributed by atoms with Gasteiger partial charge < -0.3 is 10.0 Å². The summed E-state index contributed by atoms with van der Waals surface area (Å²) in [6.45, 7) is 0.530. The minimum absolute atomic E-state index is 0.120. The van der Waals surface area contributed by atoms with Crippen molar-refractivity contribution in [2.24, 2.45) is 5.92 Å². The molecule has 4 heteroatoms. The third-order valence-corrected chi connectivity index (χ3v) is 3.87. The second-order valence-electron chi connectivity index (χ2n) is 4.66. The highest BCUT2D eigenvalue weighted by Crippen LogP contribution is 2.32. The fourth-order valence-corrected chi connectivity index (χ4v) is 2.59. The number of thiophene rings is 1. The first-order chi connectivity index (χ1) is 8.69. The van der Waals surface area contributed by atoms with Crippen molar-refractivity contribution in [2.75, 3.05) is 13.7 Å². The number of aliphatic hydroxyl groups excluding tert-OH is 1. The maximum Gasteiger partial charge on any atom is 0.222 e. The lowest BCUT2D eigenvalue weighted by atomic mass is 10.2. The molecule has 1 aliphatic rings. The number of hydrogen-bond acceptors (Lipinski definition) is 3. The molecule has 1 amide bonds. The van der Waals surface area contributed by atoms with E-state index in [1.807, 2.05) is 18.5 Å². The standard InChI is InChI=1S/C14H17NO2S/c1-15(14(17)8-11-4-5-11)9-13-7-12(10-18-13)3-2-6-16/h7,10-11,16H,4-6,8-9H2,1H3. The van der Waals surface area contributed by atoms with Crippen LogP contribution >= 0.6 is 11.3 Å². The predicted octanol–water partition coefficient (Wildman–Crippen LogP) is 1.85. The molecule has 96 valence electrons. The third-order valence-electron chi connectivity index (χ3n) is 2.94. The zero-order valence-corrected chi connectivity index (χ0v) is 11.3. The number of carbonyl (C=O) groups is 1. The molecule has 1 saturated carbocycles. The number of amides is 1. The first-order valence-electron chi connectivity index (χ1n) is 6.10. The van der Waals surface area contributed by atoms with Crippen LogP contribution in [-0.4, -0.2) is 29.6 Å². The van der Waals surface area contributed by atoms with Crippen molar-refractivity contribution in [1.82, 2.24) is 4.90 Å². The molecule has 18 heavy (non-hydrogen) atoms. The smallest absolute Gasteiger partial charge is 0.222 e. The number of carbonyl (C=O) groups excluding carboxylic acids is 1. The lowest BCUT2D eigenvalue weighted by molar-refractivity contribution is -0.130. The Labute approximate surface area is 111 Å². The molecule has 2 rings (SSSR count). The van der Waals surface area contributed by atoms with E-state index < -0.39 is 0 Å². The normalized spacial score (nSPS) is 13.9. The van der Waals surface area contributed by atoms with E-state index in [1.165, 1.54) is 12.8 Å². The van der Waals surface area contributed by atoms with Gasteiger partial charge in [-0.05, 0) is 24.8 Å². The van der Waals surface area contributed by atoms with Gasteiger partial charge in [-0.15, -0.1) is 11.3 Å². The fraction of sp³-hybridized carbons (Fsp3) is 0.500. The number of nitrogens with zero attached hydrogens (tertiary/aromatic N) is 1. The molecule has 0 atom stereocenters. The van der Waals surface area contributed by atoms with Crippen LogP contribution in [0.15, 0.2) is 11.4 Å². The van der Waals surface area contributed by atoms with E-state index in [2.05, 4.69) is 11.8 Å². The van der Waals surface area contributed by atoms with E-state index in [4.69, 9.17) is 5.11 Å². The van der Waals surface area contributed by atoms with Crippen molar-refractivity contribution in [3.05, 3.63) is 21.9 Å². The Kier molecular flexibility index (Phi) is 4.40. The van der Waals surface area contributed by atoms with Gasteiger partial charge in [-0.3, -0.25) is 4.79 Å². The molecular formula is C14H17NO2S. The van der Waals surface area contributed by atoms with E-state index in [1.54, 1.807) is 16.2 Å². The molecule has 0 aliphatic heterocycles. The molecule has 1 aromatic rings. The summed E-state index contributed by atoms with van der Waals surface area (Å²) < 4.78 is 0. The number of hydrogen-bond donors (Lipinski definition) is 1. The van der Waals surface area contributed by atoms with Gasteiger partial charge in [0.2, 0.25) is 5.91 Å². The van der Waals surface area contributed by atoms with Gasteiger partial charge in [-0.1, -0.05) is 11.8 Å². The topological polar surface area (TPSA) is 40.5 Å². The SMILES string of the molecule is CN(Cc1cc(C#CCO)cs1)C(=O)CC1CC1. The van der Waals surface area contributed by atoms with E-state index in [9.17, 15) is 4.79 Å². The summed E-state index contributed by atoms with van der Waals surface area (Å²) in [6, 6.07) is 1.98. The molecule has 0 aromatic carbocycles. The van der Waals surface area contributed by atoms with Crippen molar-refractivity contribution >= 4 is 17.2 Å². The Hall–Kier alpha value is -1.31. The Morgan fingerprint density at radius 3 is 3.06 bits per heavy atom. The van der Waals surface area contributed by atoms with E-state index in [-0.39, 0.29) is 12.5 Å². The van der Waals surface area contributed by atoms with Crippen LogP contribution in [0, 0.1) is 17.8 Å². The van der Waals surface area contributed by atoms with Gasteiger partial charge in [-0.2, -0.15) is 0 Å². The Morgan fingerprint density at radius 1 is 1.61 bits per heavy atom. The van der Waals surface area contributed by atoms with Crippen LogP contribution < -0.4 is 0 Å². The van der Waals surface area contributed by atoms with Gasteiger partial charge in [0.05, 0.1) is 6.54 Å². The molecule has 0 saturated heterocycles. The maximum absolute atomic E-state index is 11.8. The predicted molar refractivity (Wildman–Crippen MR) is 72.1 cm³/mol. The summed E-state index contributed by atoms with van der Waals surface area (Å²) >= 11 is 1.60.